The second-order valence-corrected chi connectivity index (χ2v) is 8.63. The summed E-state index contributed by atoms with van der Waals surface area (Å²) in [4.78, 5) is 31.7. The Labute approximate surface area is 166 Å². The molecule has 1 amide bonds. The van der Waals surface area contributed by atoms with E-state index in [0.717, 1.165) is 35.2 Å². The lowest BCUT2D eigenvalue weighted by molar-refractivity contribution is -0.121. The number of halogens is 1. The number of nitrogens with zero attached hydrogens (tertiary/aromatic N) is 2. The van der Waals surface area contributed by atoms with E-state index in [9.17, 15) is 9.59 Å². The van der Waals surface area contributed by atoms with E-state index in [-0.39, 0.29) is 18.0 Å². The Kier molecular flexibility index (Phi) is 5.02. The van der Waals surface area contributed by atoms with Crippen LogP contribution in [-0.2, 0) is 30.7 Å². The number of hydrogen-bond donors (Lipinski definition) is 1. The van der Waals surface area contributed by atoms with Crippen LogP contribution in [0.25, 0.3) is 10.2 Å². The van der Waals surface area contributed by atoms with Gasteiger partial charge in [-0.3, -0.25) is 14.2 Å². The average Bonchev–Trinajstić information content (AvgIpc) is 3.01. The highest BCUT2D eigenvalue weighted by atomic mass is 35.5. The van der Waals surface area contributed by atoms with E-state index in [0.29, 0.717) is 22.9 Å². The molecule has 1 atom stereocenters. The van der Waals surface area contributed by atoms with Crippen LogP contribution in [0.4, 0.5) is 0 Å². The summed E-state index contributed by atoms with van der Waals surface area (Å²) in [7, 11) is 0. The van der Waals surface area contributed by atoms with Crippen LogP contribution in [0.1, 0.15) is 29.3 Å². The predicted octanol–water partition coefficient (Wildman–Crippen LogP) is 3.55. The third-order valence-electron chi connectivity index (χ3n) is 5.00. The van der Waals surface area contributed by atoms with Crippen LogP contribution < -0.4 is 10.9 Å². The van der Waals surface area contributed by atoms with Gasteiger partial charge in [0.05, 0.1) is 11.7 Å². The zero-order chi connectivity index (χ0) is 19.0. The first-order valence-corrected chi connectivity index (χ1v) is 10.2. The first kappa shape index (κ1) is 18.2. The molecule has 0 saturated heterocycles. The van der Waals surface area contributed by atoms with Gasteiger partial charge in [-0.25, -0.2) is 4.98 Å². The molecule has 0 radical (unpaired) electrons. The monoisotopic (exact) mass is 401 g/mol. The van der Waals surface area contributed by atoms with Gasteiger partial charge in [0.25, 0.3) is 5.56 Å². The Bertz CT molecular complexity index is 1060. The average molecular weight is 402 g/mol. The first-order valence-electron chi connectivity index (χ1n) is 9.02. The molecule has 0 fully saturated rings. The molecule has 0 bridgehead atoms. The highest BCUT2D eigenvalue weighted by Crippen LogP contribution is 2.35. The lowest BCUT2D eigenvalue weighted by Crippen LogP contribution is -2.32. The van der Waals surface area contributed by atoms with Crippen molar-refractivity contribution >= 4 is 39.1 Å². The van der Waals surface area contributed by atoms with Gasteiger partial charge in [0.15, 0.2) is 0 Å². The number of carbonyl (C=O) groups is 1. The molecule has 0 spiro atoms. The SMILES string of the molecule is C[C@H]1CCc2c(sc3ncn(CC(=O)NCc4ccc(Cl)cc4)c(=O)c23)C1. The predicted molar refractivity (Wildman–Crippen MR) is 108 cm³/mol. The van der Waals surface area contributed by atoms with Gasteiger partial charge in [0.2, 0.25) is 5.91 Å². The van der Waals surface area contributed by atoms with Crippen LogP contribution in [0.15, 0.2) is 35.4 Å². The van der Waals surface area contributed by atoms with Crippen molar-refractivity contribution in [1.82, 2.24) is 14.9 Å². The van der Waals surface area contributed by atoms with Crippen molar-refractivity contribution < 1.29 is 4.79 Å². The minimum Gasteiger partial charge on any atom is -0.350 e. The maximum absolute atomic E-state index is 12.9. The molecule has 7 heteroatoms. The van der Waals surface area contributed by atoms with Crippen molar-refractivity contribution in [3.63, 3.8) is 0 Å². The van der Waals surface area contributed by atoms with Crippen molar-refractivity contribution in [3.05, 3.63) is 62.0 Å². The third-order valence-corrected chi connectivity index (χ3v) is 6.41. The second-order valence-electron chi connectivity index (χ2n) is 7.11. The van der Waals surface area contributed by atoms with Crippen LogP contribution in [0.5, 0.6) is 0 Å². The summed E-state index contributed by atoms with van der Waals surface area (Å²) < 4.78 is 1.41. The van der Waals surface area contributed by atoms with Crippen LogP contribution in [0.2, 0.25) is 5.02 Å². The Hall–Kier alpha value is -2.18. The number of carbonyl (C=O) groups excluding carboxylic acids is 1. The van der Waals surface area contributed by atoms with E-state index in [1.807, 2.05) is 12.1 Å². The molecule has 140 valence electrons. The number of thiophene rings is 1. The Morgan fingerprint density at radius 2 is 2.15 bits per heavy atom. The molecule has 0 saturated carbocycles. The molecule has 0 unspecified atom stereocenters. The largest absolute Gasteiger partial charge is 0.350 e. The van der Waals surface area contributed by atoms with E-state index >= 15 is 0 Å². The summed E-state index contributed by atoms with van der Waals surface area (Å²) in [5.41, 5.74) is 1.98. The molecular weight excluding hydrogens is 382 g/mol. The summed E-state index contributed by atoms with van der Waals surface area (Å²) in [6, 6.07) is 7.29. The Balaban J connectivity index is 1.52. The number of nitrogens with one attached hydrogen (secondary N) is 1. The lowest BCUT2D eigenvalue weighted by Gasteiger charge is -2.17. The van der Waals surface area contributed by atoms with Gasteiger partial charge in [-0.05, 0) is 48.4 Å². The normalized spacial score (nSPS) is 16.3. The topological polar surface area (TPSA) is 64.0 Å². The Morgan fingerprint density at radius 1 is 1.37 bits per heavy atom. The molecule has 1 aromatic carbocycles. The molecule has 5 nitrogen and oxygen atoms in total. The van der Waals surface area contributed by atoms with Crippen LogP contribution in [-0.4, -0.2) is 15.5 Å². The van der Waals surface area contributed by atoms with Gasteiger partial charge in [-0.2, -0.15) is 0 Å². The first-order chi connectivity index (χ1) is 13.0. The van der Waals surface area contributed by atoms with E-state index in [1.165, 1.54) is 15.8 Å². The zero-order valence-corrected chi connectivity index (χ0v) is 16.6. The van der Waals surface area contributed by atoms with Gasteiger partial charge >= 0.3 is 0 Å². The lowest BCUT2D eigenvalue weighted by atomic mass is 9.89. The number of hydrogen-bond acceptors (Lipinski definition) is 4. The number of fused-ring (bicyclic) bond motifs is 3. The fourth-order valence-corrected chi connectivity index (χ4v) is 4.96. The number of rotatable bonds is 4. The second kappa shape index (κ2) is 7.44. The summed E-state index contributed by atoms with van der Waals surface area (Å²) in [6.07, 6.45) is 4.50. The van der Waals surface area contributed by atoms with Gasteiger partial charge in [-0.1, -0.05) is 30.7 Å². The standard InChI is InChI=1S/C20H20ClN3O2S/c1-12-2-7-15-16(8-12)27-19-18(15)20(26)24(11-23-19)10-17(25)22-9-13-3-5-14(21)6-4-13/h3-6,11-12H,2,7-10H2,1H3,(H,22,25)/t12-/m0/s1. The smallest absolute Gasteiger partial charge is 0.262 e. The molecule has 2 heterocycles. The summed E-state index contributed by atoms with van der Waals surface area (Å²) >= 11 is 7.48. The van der Waals surface area contributed by atoms with E-state index in [1.54, 1.807) is 23.5 Å². The zero-order valence-electron chi connectivity index (χ0n) is 15.0. The van der Waals surface area contributed by atoms with Crippen molar-refractivity contribution in [2.45, 2.75) is 39.3 Å². The number of amides is 1. The molecule has 1 aliphatic rings. The van der Waals surface area contributed by atoms with Crippen molar-refractivity contribution in [1.29, 1.82) is 0 Å². The number of aryl methyl sites for hydroxylation is 1. The molecule has 1 aliphatic carbocycles. The fraction of sp³-hybridized carbons (Fsp3) is 0.350. The van der Waals surface area contributed by atoms with Crippen molar-refractivity contribution in [2.75, 3.05) is 0 Å². The maximum Gasteiger partial charge on any atom is 0.262 e. The van der Waals surface area contributed by atoms with Crippen LogP contribution in [0, 0.1) is 5.92 Å². The molecule has 4 rings (SSSR count). The van der Waals surface area contributed by atoms with Gasteiger partial charge in [0.1, 0.15) is 11.4 Å². The van der Waals surface area contributed by atoms with Crippen LogP contribution >= 0.6 is 22.9 Å². The fourth-order valence-electron chi connectivity index (χ4n) is 3.49. The van der Waals surface area contributed by atoms with Gasteiger partial charge < -0.3 is 5.32 Å². The summed E-state index contributed by atoms with van der Waals surface area (Å²) in [5.74, 6) is 0.428. The molecular formula is C20H20ClN3O2S. The highest BCUT2D eigenvalue weighted by molar-refractivity contribution is 7.18. The van der Waals surface area contributed by atoms with Gasteiger partial charge in [-0.15, -0.1) is 11.3 Å². The highest BCUT2D eigenvalue weighted by Gasteiger charge is 2.23. The molecule has 3 aromatic rings. The molecule has 2 aromatic heterocycles. The van der Waals surface area contributed by atoms with E-state index in [4.69, 9.17) is 11.6 Å². The summed E-state index contributed by atoms with van der Waals surface area (Å²) in [5, 5.41) is 4.20. The minimum atomic E-state index is -0.217. The van der Waals surface area contributed by atoms with Crippen molar-refractivity contribution in [3.8, 4) is 0 Å². The number of benzene rings is 1. The quantitative estimate of drug-likeness (QED) is 0.727. The van der Waals surface area contributed by atoms with E-state index < -0.39 is 0 Å². The minimum absolute atomic E-state index is 0.0314. The van der Waals surface area contributed by atoms with E-state index in [2.05, 4.69) is 17.2 Å². The van der Waals surface area contributed by atoms with Crippen LogP contribution in [0.3, 0.4) is 0 Å². The molecule has 0 aliphatic heterocycles. The van der Waals surface area contributed by atoms with Crippen molar-refractivity contribution in [2.24, 2.45) is 5.92 Å². The third kappa shape index (κ3) is 3.77. The molecule has 27 heavy (non-hydrogen) atoms. The summed E-state index contributed by atoms with van der Waals surface area (Å²) in [6.45, 7) is 2.60. The molecule has 1 N–H and O–H groups in total. The number of aromatic nitrogens is 2. The van der Waals surface area contributed by atoms with Gasteiger partial charge in [0, 0.05) is 16.4 Å². The maximum atomic E-state index is 12.9. The Morgan fingerprint density at radius 3 is 2.93 bits per heavy atom.